The van der Waals surface area contributed by atoms with Crippen molar-refractivity contribution in [3.8, 4) is 0 Å². The largest absolute Gasteiger partial charge is 0.308 e. The lowest BCUT2D eigenvalue weighted by Crippen LogP contribution is -2.33. The molecule has 1 atom stereocenters. The number of hydrogen-bond acceptors (Lipinski definition) is 2. The van der Waals surface area contributed by atoms with Gasteiger partial charge in [0.2, 0.25) is 0 Å². The number of nitrogens with one attached hydrogen (secondary N) is 1. The Bertz CT molecular complexity index is 314. The van der Waals surface area contributed by atoms with Gasteiger partial charge in [-0.3, -0.25) is 4.98 Å². The Hall–Kier alpha value is -0.600. The van der Waals surface area contributed by atoms with Gasteiger partial charge in [-0.2, -0.15) is 0 Å². The van der Waals surface area contributed by atoms with Crippen molar-refractivity contribution in [2.75, 3.05) is 6.54 Å². The summed E-state index contributed by atoms with van der Waals surface area (Å²) in [4.78, 5) is 4.40. The van der Waals surface area contributed by atoms with E-state index in [-0.39, 0.29) is 11.5 Å². The van der Waals surface area contributed by atoms with Crippen LogP contribution in [0.1, 0.15) is 45.9 Å². The summed E-state index contributed by atoms with van der Waals surface area (Å²) in [5.41, 5.74) is 1.21. The van der Waals surface area contributed by atoms with Crippen molar-refractivity contribution >= 4 is 11.6 Å². The molecule has 0 aromatic carbocycles. The highest BCUT2D eigenvalue weighted by Crippen LogP contribution is 2.31. The molecule has 0 aliphatic heterocycles. The molecular formula is C13H21ClN2. The molecule has 0 aliphatic carbocycles. The molecule has 90 valence electrons. The van der Waals surface area contributed by atoms with Gasteiger partial charge in [-0.05, 0) is 30.5 Å². The molecular weight excluding hydrogens is 220 g/mol. The lowest BCUT2D eigenvalue weighted by molar-refractivity contribution is 0.268. The van der Waals surface area contributed by atoms with Crippen LogP contribution in [0.4, 0.5) is 0 Å². The first-order chi connectivity index (χ1) is 7.45. The minimum Gasteiger partial charge on any atom is -0.308 e. The van der Waals surface area contributed by atoms with Gasteiger partial charge in [0, 0.05) is 6.20 Å². The van der Waals surface area contributed by atoms with Crippen molar-refractivity contribution in [3.63, 3.8) is 0 Å². The topological polar surface area (TPSA) is 24.9 Å². The summed E-state index contributed by atoms with van der Waals surface area (Å²) in [6.07, 6.45) is 2.84. The van der Waals surface area contributed by atoms with Crippen molar-refractivity contribution in [2.45, 2.75) is 40.2 Å². The zero-order valence-corrected chi connectivity index (χ0v) is 11.3. The molecule has 0 spiro atoms. The highest BCUT2D eigenvalue weighted by molar-refractivity contribution is 6.30. The molecule has 0 amide bonds. The second-order valence-corrected chi connectivity index (χ2v) is 5.59. The third-order valence-corrected chi connectivity index (χ3v) is 2.73. The smallest absolute Gasteiger partial charge is 0.0589 e. The highest BCUT2D eigenvalue weighted by Gasteiger charge is 2.26. The van der Waals surface area contributed by atoms with E-state index in [1.807, 2.05) is 12.1 Å². The molecule has 16 heavy (non-hydrogen) atoms. The average molecular weight is 241 g/mol. The number of pyridine rings is 1. The minimum absolute atomic E-state index is 0.149. The molecule has 0 saturated carbocycles. The first kappa shape index (κ1) is 13.5. The third kappa shape index (κ3) is 3.76. The predicted molar refractivity (Wildman–Crippen MR) is 69.7 cm³/mol. The van der Waals surface area contributed by atoms with Crippen LogP contribution in [0, 0.1) is 5.41 Å². The number of nitrogens with zero attached hydrogens (tertiary/aromatic N) is 1. The number of aromatic nitrogens is 1. The van der Waals surface area contributed by atoms with E-state index in [0.717, 1.165) is 18.7 Å². The summed E-state index contributed by atoms with van der Waals surface area (Å²) in [6.45, 7) is 9.83. The summed E-state index contributed by atoms with van der Waals surface area (Å²) in [5, 5.41) is 4.23. The van der Waals surface area contributed by atoms with Crippen LogP contribution in [0.3, 0.4) is 0 Å². The van der Waals surface area contributed by atoms with Gasteiger partial charge in [-0.1, -0.05) is 39.3 Å². The number of halogens is 1. The summed E-state index contributed by atoms with van der Waals surface area (Å²) < 4.78 is 0. The molecule has 1 N–H and O–H groups in total. The fourth-order valence-corrected chi connectivity index (χ4v) is 1.81. The van der Waals surface area contributed by atoms with Gasteiger partial charge < -0.3 is 5.32 Å². The highest BCUT2D eigenvalue weighted by atomic mass is 35.5. The third-order valence-electron chi connectivity index (χ3n) is 2.51. The van der Waals surface area contributed by atoms with Gasteiger partial charge in [0.05, 0.1) is 16.8 Å². The Labute approximate surface area is 103 Å². The minimum atomic E-state index is 0.149. The lowest BCUT2D eigenvalue weighted by Gasteiger charge is -2.31. The Balaban J connectivity index is 2.88. The zero-order valence-electron chi connectivity index (χ0n) is 10.5. The summed E-state index contributed by atoms with van der Waals surface area (Å²) >= 11 is 5.85. The summed E-state index contributed by atoms with van der Waals surface area (Å²) in [5.74, 6) is 0. The van der Waals surface area contributed by atoms with E-state index in [9.17, 15) is 0 Å². The standard InChI is InChI=1S/C13H21ClN2/c1-5-8-15-12(13(2,3)4)11-7-6-10(14)9-16-11/h6-7,9,12,15H,5,8H2,1-4H3. The fourth-order valence-electron chi connectivity index (χ4n) is 1.70. The Morgan fingerprint density at radius 1 is 1.38 bits per heavy atom. The molecule has 3 heteroatoms. The molecule has 2 nitrogen and oxygen atoms in total. The quantitative estimate of drug-likeness (QED) is 0.866. The van der Waals surface area contributed by atoms with Crippen LogP contribution in [-0.2, 0) is 0 Å². The van der Waals surface area contributed by atoms with Crippen molar-refractivity contribution in [3.05, 3.63) is 29.0 Å². The van der Waals surface area contributed by atoms with Crippen molar-refractivity contribution in [1.82, 2.24) is 10.3 Å². The van der Waals surface area contributed by atoms with Crippen LogP contribution in [0.2, 0.25) is 5.02 Å². The molecule has 0 fully saturated rings. The first-order valence-corrected chi connectivity index (χ1v) is 6.17. The number of rotatable bonds is 4. The molecule has 1 unspecified atom stereocenters. The van der Waals surface area contributed by atoms with Gasteiger partial charge in [-0.25, -0.2) is 0 Å². The van der Waals surface area contributed by atoms with Gasteiger partial charge in [0.15, 0.2) is 0 Å². The van der Waals surface area contributed by atoms with Crippen molar-refractivity contribution in [2.24, 2.45) is 5.41 Å². The van der Waals surface area contributed by atoms with Crippen LogP contribution < -0.4 is 5.32 Å². The molecule has 1 heterocycles. The Morgan fingerprint density at radius 2 is 2.06 bits per heavy atom. The van der Waals surface area contributed by atoms with Crippen molar-refractivity contribution in [1.29, 1.82) is 0 Å². The molecule has 0 radical (unpaired) electrons. The van der Waals surface area contributed by atoms with Crippen LogP contribution >= 0.6 is 11.6 Å². The molecule has 0 saturated heterocycles. The van der Waals surface area contributed by atoms with Gasteiger partial charge in [0.1, 0.15) is 0 Å². The van der Waals surface area contributed by atoms with E-state index < -0.39 is 0 Å². The van der Waals surface area contributed by atoms with E-state index in [0.29, 0.717) is 5.02 Å². The van der Waals surface area contributed by atoms with Crippen LogP contribution in [-0.4, -0.2) is 11.5 Å². The Kier molecular flexibility index (Phi) is 4.75. The number of hydrogen-bond donors (Lipinski definition) is 1. The maximum Gasteiger partial charge on any atom is 0.0589 e. The summed E-state index contributed by atoms with van der Waals surface area (Å²) in [6, 6.07) is 4.17. The van der Waals surface area contributed by atoms with Crippen molar-refractivity contribution < 1.29 is 0 Å². The maximum absolute atomic E-state index is 5.85. The second-order valence-electron chi connectivity index (χ2n) is 5.15. The second kappa shape index (κ2) is 5.65. The van der Waals surface area contributed by atoms with Crippen LogP contribution in [0.25, 0.3) is 0 Å². The molecule has 1 aromatic heterocycles. The first-order valence-electron chi connectivity index (χ1n) is 5.80. The molecule has 0 aliphatic rings. The fraction of sp³-hybridized carbons (Fsp3) is 0.615. The monoisotopic (exact) mass is 240 g/mol. The van der Waals surface area contributed by atoms with Crippen LogP contribution in [0.15, 0.2) is 18.3 Å². The predicted octanol–water partition coefficient (Wildman–Crippen LogP) is 3.82. The summed E-state index contributed by atoms with van der Waals surface area (Å²) in [7, 11) is 0. The zero-order chi connectivity index (χ0) is 12.2. The van der Waals surface area contributed by atoms with Gasteiger partial charge >= 0.3 is 0 Å². The molecule has 0 bridgehead atoms. The Morgan fingerprint density at radius 3 is 2.50 bits per heavy atom. The van der Waals surface area contributed by atoms with Crippen LogP contribution in [0.5, 0.6) is 0 Å². The normalized spacial score (nSPS) is 13.8. The molecule has 1 rings (SSSR count). The van der Waals surface area contributed by atoms with E-state index in [4.69, 9.17) is 11.6 Å². The molecule has 1 aromatic rings. The van der Waals surface area contributed by atoms with E-state index in [1.54, 1.807) is 6.20 Å². The van der Waals surface area contributed by atoms with E-state index >= 15 is 0 Å². The van der Waals surface area contributed by atoms with E-state index in [2.05, 4.69) is 38.0 Å². The SMILES string of the molecule is CCCNC(c1ccc(Cl)cn1)C(C)(C)C. The van der Waals surface area contributed by atoms with Gasteiger partial charge in [-0.15, -0.1) is 0 Å². The maximum atomic E-state index is 5.85. The van der Waals surface area contributed by atoms with E-state index in [1.165, 1.54) is 0 Å². The lowest BCUT2D eigenvalue weighted by atomic mass is 9.84. The average Bonchev–Trinajstić information content (AvgIpc) is 2.19. The van der Waals surface area contributed by atoms with Gasteiger partial charge in [0.25, 0.3) is 0 Å².